The number of hydrogen-bond donors (Lipinski definition) is 0. The van der Waals surface area contributed by atoms with E-state index in [-0.39, 0.29) is 0 Å². The summed E-state index contributed by atoms with van der Waals surface area (Å²) in [4.78, 5) is 2.53. The maximum absolute atomic E-state index is 5.54. The number of benzene rings is 2. The van der Waals surface area contributed by atoms with Crippen molar-refractivity contribution in [1.82, 2.24) is 0 Å². The number of anilines is 2. The molecule has 0 bridgehead atoms. The summed E-state index contributed by atoms with van der Waals surface area (Å²) in [7, 11) is 1.71. The lowest BCUT2D eigenvalue weighted by molar-refractivity contribution is 0.0686. The Bertz CT molecular complexity index is 623. The molecule has 0 radical (unpaired) electrons. The van der Waals surface area contributed by atoms with Crippen LogP contribution in [-0.4, -0.2) is 33.5 Å². The van der Waals surface area contributed by atoms with Crippen molar-refractivity contribution in [1.29, 1.82) is 0 Å². The normalized spacial score (nSPS) is 13.2. The summed E-state index contributed by atoms with van der Waals surface area (Å²) in [5.41, 5.74) is 5.71. The number of hydrogen-bond acceptors (Lipinski definition) is 3. The van der Waals surface area contributed by atoms with Crippen molar-refractivity contribution in [2.24, 2.45) is 0 Å². The van der Waals surface area contributed by atoms with Crippen LogP contribution < -0.4 is 4.90 Å². The number of ether oxygens (including phenoxy) is 2. The van der Waals surface area contributed by atoms with Gasteiger partial charge in [-0.25, -0.2) is 0 Å². The Morgan fingerprint density at radius 1 is 0.731 bits per heavy atom. The molecule has 0 aliphatic carbocycles. The molecule has 0 unspecified atom stereocenters. The lowest BCUT2D eigenvalue weighted by Gasteiger charge is -2.27. The van der Waals surface area contributed by atoms with E-state index in [9.17, 15) is 0 Å². The molecular formula is C23H31NO2. The molecule has 0 saturated heterocycles. The van der Waals surface area contributed by atoms with Crippen LogP contribution in [0.25, 0.3) is 0 Å². The first-order valence-corrected chi connectivity index (χ1v) is 9.90. The monoisotopic (exact) mass is 353 g/mol. The van der Waals surface area contributed by atoms with E-state index >= 15 is 0 Å². The summed E-state index contributed by atoms with van der Waals surface area (Å²) < 4.78 is 10.5. The van der Waals surface area contributed by atoms with Gasteiger partial charge in [-0.15, -0.1) is 0 Å². The topological polar surface area (TPSA) is 21.7 Å². The molecule has 3 nitrogen and oxygen atoms in total. The van der Waals surface area contributed by atoms with Crippen LogP contribution in [0.5, 0.6) is 0 Å². The molecule has 2 aromatic carbocycles. The first kappa shape index (κ1) is 18.9. The SMILES string of the molecule is COCCOCCCCCCN1c2ccccc2CCc2ccccc21. The molecule has 0 amide bonds. The number of para-hydroxylation sites is 2. The molecule has 26 heavy (non-hydrogen) atoms. The van der Waals surface area contributed by atoms with Gasteiger partial charge in [-0.1, -0.05) is 49.2 Å². The third-order valence-electron chi connectivity index (χ3n) is 5.08. The fourth-order valence-electron chi connectivity index (χ4n) is 3.68. The predicted octanol–water partition coefficient (Wildman–Crippen LogP) is 5.15. The Hall–Kier alpha value is -1.84. The number of methoxy groups -OCH3 is 1. The van der Waals surface area contributed by atoms with Gasteiger partial charge in [0.05, 0.1) is 13.2 Å². The van der Waals surface area contributed by atoms with Crippen LogP contribution in [0.3, 0.4) is 0 Å². The molecule has 0 N–H and O–H groups in total. The van der Waals surface area contributed by atoms with Crippen molar-refractivity contribution in [3.8, 4) is 0 Å². The molecule has 0 saturated carbocycles. The second-order valence-electron chi connectivity index (χ2n) is 6.93. The minimum absolute atomic E-state index is 0.688. The van der Waals surface area contributed by atoms with E-state index in [2.05, 4.69) is 53.4 Å². The van der Waals surface area contributed by atoms with Gasteiger partial charge in [0.2, 0.25) is 0 Å². The van der Waals surface area contributed by atoms with Gasteiger partial charge < -0.3 is 14.4 Å². The van der Waals surface area contributed by atoms with Crippen LogP contribution in [0, 0.1) is 0 Å². The summed E-state index contributed by atoms with van der Waals surface area (Å²) in [5, 5.41) is 0. The van der Waals surface area contributed by atoms with Crippen molar-refractivity contribution in [2.45, 2.75) is 38.5 Å². The standard InChI is InChI=1S/C23H31NO2/c1-25-18-19-26-17-9-3-2-8-16-24-22-12-6-4-10-20(22)14-15-21-11-5-7-13-23(21)24/h4-7,10-13H,2-3,8-9,14-19H2,1H3. The zero-order chi connectivity index (χ0) is 18.0. The third kappa shape index (κ3) is 5.09. The van der Waals surface area contributed by atoms with E-state index in [0.29, 0.717) is 13.2 Å². The lowest BCUT2D eigenvalue weighted by atomic mass is 10.0. The number of nitrogens with zero attached hydrogens (tertiary/aromatic N) is 1. The first-order chi connectivity index (χ1) is 12.9. The van der Waals surface area contributed by atoms with Gasteiger partial charge in [0.15, 0.2) is 0 Å². The number of fused-ring (bicyclic) bond motifs is 2. The summed E-state index contributed by atoms with van der Waals surface area (Å²) in [6, 6.07) is 17.8. The number of unbranched alkanes of at least 4 members (excludes halogenated alkanes) is 3. The second kappa shape index (κ2) is 10.3. The van der Waals surface area contributed by atoms with E-state index in [1.165, 1.54) is 41.8 Å². The number of aryl methyl sites for hydroxylation is 2. The van der Waals surface area contributed by atoms with Crippen LogP contribution in [0.2, 0.25) is 0 Å². The zero-order valence-electron chi connectivity index (χ0n) is 16.0. The van der Waals surface area contributed by atoms with Crippen molar-refractivity contribution < 1.29 is 9.47 Å². The quantitative estimate of drug-likeness (QED) is 0.552. The Morgan fingerprint density at radius 3 is 2.00 bits per heavy atom. The van der Waals surface area contributed by atoms with Gasteiger partial charge in [-0.2, -0.15) is 0 Å². The van der Waals surface area contributed by atoms with Crippen molar-refractivity contribution in [3.63, 3.8) is 0 Å². The maximum atomic E-state index is 5.54. The molecule has 140 valence electrons. The summed E-state index contributed by atoms with van der Waals surface area (Å²) in [6.45, 7) is 3.32. The zero-order valence-corrected chi connectivity index (χ0v) is 16.0. The molecule has 0 fully saturated rings. The van der Waals surface area contributed by atoms with Crippen LogP contribution in [0.1, 0.15) is 36.8 Å². The van der Waals surface area contributed by atoms with E-state index in [0.717, 1.165) is 32.4 Å². The van der Waals surface area contributed by atoms with Gasteiger partial charge >= 0.3 is 0 Å². The lowest BCUT2D eigenvalue weighted by Crippen LogP contribution is -2.19. The van der Waals surface area contributed by atoms with E-state index in [4.69, 9.17) is 9.47 Å². The average molecular weight is 354 g/mol. The Kier molecular flexibility index (Phi) is 7.53. The molecule has 1 aliphatic heterocycles. The van der Waals surface area contributed by atoms with Gasteiger partial charge in [0.1, 0.15) is 0 Å². The Balaban J connectivity index is 1.54. The van der Waals surface area contributed by atoms with Crippen molar-refractivity contribution in [3.05, 3.63) is 59.7 Å². The minimum atomic E-state index is 0.688. The van der Waals surface area contributed by atoms with Gasteiger partial charge in [0, 0.05) is 31.6 Å². The molecule has 1 heterocycles. The van der Waals surface area contributed by atoms with Crippen molar-refractivity contribution in [2.75, 3.05) is 38.4 Å². The smallest absolute Gasteiger partial charge is 0.0700 e. The second-order valence-corrected chi connectivity index (χ2v) is 6.93. The highest BCUT2D eigenvalue weighted by atomic mass is 16.5. The van der Waals surface area contributed by atoms with Gasteiger partial charge in [0.25, 0.3) is 0 Å². The summed E-state index contributed by atoms with van der Waals surface area (Å²) in [5.74, 6) is 0. The molecule has 0 atom stereocenters. The fraction of sp³-hybridized carbons (Fsp3) is 0.478. The predicted molar refractivity (Wildman–Crippen MR) is 108 cm³/mol. The van der Waals surface area contributed by atoms with E-state index in [1.54, 1.807) is 7.11 Å². The van der Waals surface area contributed by atoms with Crippen LogP contribution in [0.15, 0.2) is 48.5 Å². The van der Waals surface area contributed by atoms with Crippen molar-refractivity contribution >= 4 is 11.4 Å². The average Bonchev–Trinajstić information content (AvgIpc) is 2.84. The Morgan fingerprint density at radius 2 is 1.35 bits per heavy atom. The number of rotatable bonds is 10. The fourth-order valence-corrected chi connectivity index (χ4v) is 3.68. The van der Waals surface area contributed by atoms with Gasteiger partial charge in [-0.05, 0) is 48.9 Å². The first-order valence-electron chi connectivity index (χ1n) is 9.90. The van der Waals surface area contributed by atoms with Gasteiger partial charge in [-0.3, -0.25) is 0 Å². The molecule has 0 aromatic heterocycles. The van der Waals surface area contributed by atoms with E-state index < -0.39 is 0 Å². The minimum Gasteiger partial charge on any atom is -0.382 e. The van der Waals surface area contributed by atoms with E-state index in [1.807, 2.05) is 0 Å². The van der Waals surface area contributed by atoms with Crippen LogP contribution in [-0.2, 0) is 22.3 Å². The molecular weight excluding hydrogens is 322 g/mol. The molecule has 3 heteroatoms. The van der Waals surface area contributed by atoms with Crippen LogP contribution >= 0.6 is 0 Å². The highest BCUT2D eigenvalue weighted by Gasteiger charge is 2.19. The Labute approximate surface area is 157 Å². The maximum Gasteiger partial charge on any atom is 0.0700 e. The summed E-state index contributed by atoms with van der Waals surface area (Å²) in [6.07, 6.45) is 7.07. The summed E-state index contributed by atoms with van der Waals surface area (Å²) >= 11 is 0. The molecule has 1 aliphatic rings. The highest BCUT2D eigenvalue weighted by Crippen LogP contribution is 2.36. The highest BCUT2D eigenvalue weighted by molar-refractivity contribution is 5.71. The molecule has 0 spiro atoms. The third-order valence-corrected chi connectivity index (χ3v) is 5.08. The molecule has 3 rings (SSSR count). The largest absolute Gasteiger partial charge is 0.382 e. The van der Waals surface area contributed by atoms with Crippen LogP contribution in [0.4, 0.5) is 11.4 Å². The molecule has 2 aromatic rings.